The molecule has 5 rings (SSSR count). The third-order valence-electron chi connectivity index (χ3n) is 10.3. The van der Waals surface area contributed by atoms with E-state index >= 15 is 0 Å². The minimum Gasteiger partial charge on any atom is -0.458 e. The van der Waals surface area contributed by atoms with Crippen molar-refractivity contribution in [1.82, 2.24) is 5.48 Å². The van der Waals surface area contributed by atoms with Crippen molar-refractivity contribution in [1.29, 1.82) is 0 Å². The van der Waals surface area contributed by atoms with Gasteiger partial charge in [-0.1, -0.05) is 13.8 Å². The van der Waals surface area contributed by atoms with Crippen molar-refractivity contribution in [2.75, 3.05) is 13.7 Å². The van der Waals surface area contributed by atoms with Crippen LogP contribution in [0.5, 0.6) is 0 Å². The van der Waals surface area contributed by atoms with Crippen LogP contribution in [0, 0.1) is 34.5 Å². The van der Waals surface area contributed by atoms with E-state index in [9.17, 15) is 9.90 Å². The zero-order chi connectivity index (χ0) is 20.4. The minimum atomic E-state index is -0.608. The molecule has 4 fully saturated rings. The molecule has 0 bridgehead atoms. The third kappa shape index (κ3) is 2.73. The van der Waals surface area contributed by atoms with Crippen molar-refractivity contribution in [3.8, 4) is 0 Å². The summed E-state index contributed by atoms with van der Waals surface area (Å²) in [4.78, 5) is 16.9. The van der Waals surface area contributed by atoms with Gasteiger partial charge in [0, 0.05) is 17.5 Å². The van der Waals surface area contributed by atoms with Gasteiger partial charge in [-0.25, -0.2) is 4.79 Å². The molecule has 29 heavy (non-hydrogen) atoms. The van der Waals surface area contributed by atoms with E-state index < -0.39 is 5.60 Å². The number of hydrogen-bond donors (Lipinski definition) is 2. The van der Waals surface area contributed by atoms with E-state index in [1.807, 2.05) is 0 Å². The Balaban J connectivity index is 1.41. The van der Waals surface area contributed by atoms with Crippen LogP contribution >= 0.6 is 0 Å². The molecule has 2 N–H and O–H groups in total. The number of hydrogen-bond acceptors (Lipinski definition) is 5. The van der Waals surface area contributed by atoms with E-state index in [1.165, 1.54) is 25.7 Å². The van der Waals surface area contributed by atoms with E-state index in [0.29, 0.717) is 29.9 Å². The Morgan fingerprint density at radius 1 is 1.10 bits per heavy atom. The summed E-state index contributed by atoms with van der Waals surface area (Å²) in [6, 6.07) is 0.467. The molecule has 4 saturated carbocycles. The summed E-state index contributed by atoms with van der Waals surface area (Å²) in [7, 11) is 1.72. The fraction of sp³-hybridized carbons (Fsp3) is 0.875. The molecule has 5 heteroatoms. The van der Waals surface area contributed by atoms with Crippen LogP contribution in [-0.2, 0) is 14.4 Å². The first-order valence-corrected chi connectivity index (χ1v) is 11.7. The maximum Gasteiger partial charge on any atom is 0.331 e. The average molecular weight is 404 g/mol. The number of fused-ring (bicyclic) bond motifs is 5. The van der Waals surface area contributed by atoms with Crippen molar-refractivity contribution in [3.63, 3.8) is 0 Å². The van der Waals surface area contributed by atoms with E-state index in [2.05, 4.69) is 19.3 Å². The largest absolute Gasteiger partial charge is 0.458 e. The van der Waals surface area contributed by atoms with Gasteiger partial charge in [0.1, 0.15) is 6.61 Å². The van der Waals surface area contributed by atoms with E-state index in [4.69, 9.17) is 9.57 Å². The lowest BCUT2D eigenvalue weighted by Crippen LogP contribution is -2.62. The fourth-order valence-electron chi connectivity index (χ4n) is 8.68. The maximum absolute atomic E-state index is 12.2. The second kappa shape index (κ2) is 6.80. The Morgan fingerprint density at radius 3 is 2.66 bits per heavy atom. The summed E-state index contributed by atoms with van der Waals surface area (Å²) in [5, 5.41) is 12.2. The number of rotatable bonds is 3. The molecule has 0 radical (unpaired) electrons. The van der Waals surface area contributed by atoms with Gasteiger partial charge in [0.15, 0.2) is 0 Å². The molecule has 162 valence electrons. The molecule has 0 saturated heterocycles. The highest BCUT2D eigenvalue weighted by atomic mass is 16.6. The number of carbonyl (C=O) groups excluding carboxylic acids is 1. The molecule has 4 aliphatic carbocycles. The van der Waals surface area contributed by atoms with E-state index in [1.54, 1.807) is 13.2 Å². The average Bonchev–Trinajstić information content (AvgIpc) is 3.23. The van der Waals surface area contributed by atoms with Gasteiger partial charge >= 0.3 is 5.97 Å². The first kappa shape index (κ1) is 20.0. The van der Waals surface area contributed by atoms with Crippen molar-refractivity contribution < 1.29 is 19.5 Å². The lowest BCUT2D eigenvalue weighted by atomic mass is 9.43. The highest BCUT2D eigenvalue weighted by molar-refractivity contribution is 5.85. The molecular formula is C24H37NO4. The normalized spacial score (nSPS) is 51.7. The number of aliphatic hydroxyl groups is 1. The smallest absolute Gasteiger partial charge is 0.331 e. The summed E-state index contributed by atoms with van der Waals surface area (Å²) in [6.45, 7) is 5.25. The molecule has 0 aromatic rings. The van der Waals surface area contributed by atoms with Crippen LogP contribution < -0.4 is 5.48 Å². The molecule has 5 aliphatic rings. The molecule has 1 aliphatic heterocycles. The van der Waals surface area contributed by atoms with Crippen LogP contribution in [0.3, 0.4) is 0 Å². The number of cyclic esters (lactones) is 1. The zero-order valence-electron chi connectivity index (χ0n) is 18.2. The minimum absolute atomic E-state index is 0.133. The van der Waals surface area contributed by atoms with E-state index in [0.717, 1.165) is 43.6 Å². The van der Waals surface area contributed by atoms with Crippen molar-refractivity contribution in [3.05, 3.63) is 11.6 Å². The van der Waals surface area contributed by atoms with Gasteiger partial charge in [0.05, 0.1) is 12.7 Å². The topological polar surface area (TPSA) is 67.8 Å². The molecule has 8 atom stereocenters. The third-order valence-corrected chi connectivity index (χ3v) is 10.3. The van der Waals surface area contributed by atoms with Gasteiger partial charge in [-0.05, 0) is 92.4 Å². The monoisotopic (exact) mass is 403 g/mol. The Hall–Kier alpha value is -0.910. The highest BCUT2D eigenvalue weighted by Crippen LogP contribution is 2.69. The number of esters is 1. The molecule has 0 aromatic heterocycles. The number of nitrogens with one attached hydrogen (secondary N) is 1. The van der Waals surface area contributed by atoms with Gasteiger partial charge in [-0.2, -0.15) is 5.48 Å². The molecule has 1 heterocycles. The SMILES string of the molecule is CON[C@@H]1CCC2(C)C(CCC3C2CCC2(C)C(C4=CC(=O)OC4)CCC32O)C1. The second-order valence-corrected chi connectivity index (χ2v) is 11.1. The van der Waals surface area contributed by atoms with Crippen LogP contribution in [0.4, 0.5) is 0 Å². The first-order valence-electron chi connectivity index (χ1n) is 11.7. The lowest BCUT2D eigenvalue weighted by Gasteiger charge is -2.63. The molecule has 0 spiro atoms. The summed E-state index contributed by atoms with van der Waals surface area (Å²) in [6.07, 6.45) is 11.8. The molecule has 0 aromatic carbocycles. The summed E-state index contributed by atoms with van der Waals surface area (Å²) in [5.41, 5.74) is 3.91. The molecule has 5 nitrogen and oxygen atoms in total. The van der Waals surface area contributed by atoms with Crippen LogP contribution in [0.2, 0.25) is 0 Å². The number of carbonyl (C=O) groups is 1. The fourth-order valence-corrected chi connectivity index (χ4v) is 8.68. The highest BCUT2D eigenvalue weighted by Gasteiger charge is 2.67. The molecular weight excluding hydrogens is 366 g/mol. The number of ether oxygens (including phenoxy) is 1. The van der Waals surface area contributed by atoms with Gasteiger partial charge in [0.2, 0.25) is 0 Å². The predicted octanol–water partition coefficient (Wildman–Crippen LogP) is 3.76. The van der Waals surface area contributed by atoms with Gasteiger partial charge < -0.3 is 14.7 Å². The standard InChI is InChI=1S/C24H37NO4/c1-22-9-6-17(25-28-3)13-16(22)4-5-20-19(22)7-10-23(2)18(8-11-24(20,23)27)15-12-21(26)29-14-15/h12,16-20,25,27H,4-11,13-14H2,1-3H3/t16?,17-,18?,19?,20?,22?,23?,24?/m1/s1. The second-order valence-electron chi connectivity index (χ2n) is 11.1. The van der Waals surface area contributed by atoms with Crippen LogP contribution in [-0.4, -0.2) is 36.4 Å². The predicted molar refractivity (Wildman–Crippen MR) is 110 cm³/mol. The summed E-state index contributed by atoms with van der Waals surface area (Å²) in [5.74, 6) is 1.79. The molecule has 7 unspecified atom stereocenters. The zero-order valence-corrected chi connectivity index (χ0v) is 18.2. The Labute approximate surface area is 174 Å². The van der Waals surface area contributed by atoms with Crippen LogP contribution in [0.1, 0.15) is 71.6 Å². The quantitative estimate of drug-likeness (QED) is 0.555. The Kier molecular flexibility index (Phi) is 4.69. The first-order chi connectivity index (χ1) is 13.8. The molecule has 0 amide bonds. The van der Waals surface area contributed by atoms with Crippen molar-refractivity contribution in [2.24, 2.45) is 34.5 Å². The Morgan fingerprint density at radius 2 is 1.93 bits per heavy atom. The van der Waals surface area contributed by atoms with Gasteiger partial charge in [-0.3, -0.25) is 0 Å². The van der Waals surface area contributed by atoms with Gasteiger partial charge in [-0.15, -0.1) is 0 Å². The van der Waals surface area contributed by atoms with Crippen molar-refractivity contribution >= 4 is 5.97 Å². The Bertz CT molecular complexity index is 722. The summed E-state index contributed by atoms with van der Waals surface area (Å²) < 4.78 is 5.23. The maximum atomic E-state index is 12.2. The van der Waals surface area contributed by atoms with Crippen LogP contribution in [0.25, 0.3) is 0 Å². The number of hydroxylamine groups is 1. The van der Waals surface area contributed by atoms with E-state index in [-0.39, 0.29) is 17.3 Å². The lowest BCUT2D eigenvalue weighted by molar-refractivity contribution is -0.206. The van der Waals surface area contributed by atoms with Crippen LogP contribution in [0.15, 0.2) is 11.6 Å². The summed E-state index contributed by atoms with van der Waals surface area (Å²) >= 11 is 0. The van der Waals surface area contributed by atoms with Crippen molar-refractivity contribution in [2.45, 2.75) is 83.3 Å². The van der Waals surface area contributed by atoms with Gasteiger partial charge in [0.25, 0.3) is 0 Å².